The summed E-state index contributed by atoms with van der Waals surface area (Å²) in [5.41, 5.74) is -0.0453. The van der Waals surface area contributed by atoms with Gasteiger partial charge in [-0.2, -0.15) is 4.31 Å². The summed E-state index contributed by atoms with van der Waals surface area (Å²) >= 11 is 1.24. The number of carbonyl (C=O) groups is 1. The van der Waals surface area contributed by atoms with Crippen molar-refractivity contribution in [3.8, 4) is 0 Å². The number of anilines is 1. The first-order valence-electron chi connectivity index (χ1n) is 7.80. The summed E-state index contributed by atoms with van der Waals surface area (Å²) in [6, 6.07) is 5.42. The normalized spacial score (nSPS) is 11.6. The Balaban J connectivity index is 2.09. The van der Waals surface area contributed by atoms with Crippen LogP contribution in [-0.4, -0.2) is 61.7 Å². The lowest BCUT2D eigenvalue weighted by atomic mass is 10.1. The molecule has 2 aromatic rings. The molecule has 1 aromatic heterocycles. The number of carbonyl (C=O) groups excluding carboxylic acids is 1. The van der Waals surface area contributed by atoms with Crippen LogP contribution in [-0.2, 0) is 26.2 Å². The molecule has 0 saturated carbocycles. The maximum Gasteiger partial charge on any atom is 0.275 e. The van der Waals surface area contributed by atoms with Gasteiger partial charge < -0.3 is 9.84 Å². The van der Waals surface area contributed by atoms with E-state index < -0.39 is 15.9 Å². The number of sulfonamides is 1. The van der Waals surface area contributed by atoms with Crippen LogP contribution in [0.4, 0.5) is 5.13 Å². The first-order valence-corrected chi connectivity index (χ1v) is 10.1. The molecule has 0 radical (unpaired) electrons. The van der Waals surface area contributed by atoms with Crippen molar-refractivity contribution in [2.45, 2.75) is 11.5 Å². The van der Waals surface area contributed by atoms with Gasteiger partial charge in [-0.15, -0.1) is 0 Å². The van der Waals surface area contributed by atoms with E-state index in [1.807, 2.05) is 0 Å². The maximum atomic E-state index is 12.3. The molecule has 1 aromatic carbocycles. The number of nitrogens with one attached hydrogen (secondary N) is 2. The minimum atomic E-state index is -3.73. The van der Waals surface area contributed by atoms with Gasteiger partial charge in [0.15, 0.2) is 5.13 Å². The topological polar surface area (TPSA) is 133 Å². The van der Waals surface area contributed by atoms with E-state index >= 15 is 0 Å². The van der Waals surface area contributed by atoms with Crippen molar-refractivity contribution in [1.82, 2.24) is 9.29 Å². The smallest absolute Gasteiger partial charge is 0.275 e. The molecule has 9 nitrogen and oxygen atoms in total. The number of hydrogen-bond acceptors (Lipinski definition) is 8. The third-order valence-corrected chi connectivity index (χ3v) is 6.31. The summed E-state index contributed by atoms with van der Waals surface area (Å²) in [7, 11) is -0.816. The standard InChI is InChI=1S/C16H20N4O5S2/c1-20(7-8-21)27(23,24)13-5-3-11(4-6-13)14(17)15(22)19-16-18-9-12(26-16)10-25-2/h3-6,9,17,21H,7-8,10H2,1-2H3,(H,18,19,22). The van der Waals surface area contributed by atoms with E-state index in [-0.39, 0.29) is 29.3 Å². The summed E-state index contributed by atoms with van der Waals surface area (Å²) in [4.78, 5) is 17.1. The van der Waals surface area contributed by atoms with E-state index in [1.54, 1.807) is 13.3 Å². The molecule has 0 unspecified atom stereocenters. The molecule has 2 rings (SSSR count). The molecule has 0 atom stereocenters. The van der Waals surface area contributed by atoms with Gasteiger partial charge in [0.25, 0.3) is 5.91 Å². The number of benzene rings is 1. The average Bonchev–Trinajstić information content (AvgIpc) is 3.08. The van der Waals surface area contributed by atoms with Crippen LogP contribution in [0.15, 0.2) is 35.4 Å². The van der Waals surface area contributed by atoms with Gasteiger partial charge in [-0.25, -0.2) is 13.4 Å². The first kappa shape index (κ1) is 21.1. The highest BCUT2D eigenvalue weighted by atomic mass is 32.2. The number of aliphatic hydroxyl groups excluding tert-OH is 1. The van der Waals surface area contributed by atoms with Crippen molar-refractivity contribution in [2.75, 3.05) is 32.6 Å². The Labute approximate surface area is 161 Å². The van der Waals surface area contributed by atoms with Gasteiger partial charge in [0.05, 0.1) is 23.0 Å². The zero-order valence-corrected chi connectivity index (χ0v) is 16.4. The molecular formula is C16H20N4O5S2. The molecule has 0 saturated heterocycles. The van der Waals surface area contributed by atoms with Gasteiger partial charge in [-0.3, -0.25) is 15.5 Å². The number of methoxy groups -OCH3 is 1. The first-order chi connectivity index (χ1) is 12.8. The molecule has 3 N–H and O–H groups in total. The second kappa shape index (κ2) is 9.15. The fourth-order valence-corrected chi connectivity index (χ4v) is 4.04. The highest BCUT2D eigenvalue weighted by Gasteiger charge is 2.21. The number of nitrogens with zero attached hydrogens (tertiary/aromatic N) is 2. The third-order valence-electron chi connectivity index (χ3n) is 3.55. The second-order valence-electron chi connectivity index (χ2n) is 5.47. The van der Waals surface area contributed by atoms with Crippen LogP contribution in [0.25, 0.3) is 0 Å². The number of thiazole rings is 1. The van der Waals surface area contributed by atoms with E-state index in [0.717, 1.165) is 9.18 Å². The van der Waals surface area contributed by atoms with Crippen molar-refractivity contribution < 1.29 is 23.1 Å². The molecule has 146 valence electrons. The van der Waals surface area contributed by atoms with Crippen LogP contribution in [0, 0.1) is 5.41 Å². The van der Waals surface area contributed by atoms with E-state index in [1.165, 1.54) is 42.6 Å². The number of rotatable bonds is 9. The quantitative estimate of drug-likeness (QED) is 0.524. The Hall–Kier alpha value is -2.18. The third kappa shape index (κ3) is 5.17. The largest absolute Gasteiger partial charge is 0.395 e. The number of aromatic nitrogens is 1. The van der Waals surface area contributed by atoms with Crippen molar-refractivity contribution in [2.24, 2.45) is 0 Å². The summed E-state index contributed by atoms with van der Waals surface area (Å²) in [5, 5.41) is 19.8. The molecule has 1 heterocycles. The lowest BCUT2D eigenvalue weighted by Gasteiger charge is -2.16. The van der Waals surface area contributed by atoms with E-state index in [2.05, 4.69) is 10.3 Å². The average molecular weight is 412 g/mol. The molecule has 0 bridgehead atoms. The van der Waals surface area contributed by atoms with Crippen molar-refractivity contribution in [1.29, 1.82) is 5.41 Å². The van der Waals surface area contributed by atoms with Crippen molar-refractivity contribution in [3.05, 3.63) is 40.9 Å². The number of aliphatic hydroxyl groups is 1. The Morgan fingerprint density at radius 2 is 2.04 bits per heavy atom. The minimum Gasteiger partial charge on any atom is -0.395 e. The van der Waals surface area contributed by atoms with Gasteiger partial charge in [0.1, 0.15) is 5.71 Å². The van der Waals surface area contributed by atoms with E-state index in [4.69, 9.17) is 15.3 Å². The number of amides is 1. The number of likely N-dealkylation sites (N-methyl/N-ethyl adjacent to an activating group) is 1. The number of ether oxygens (including phenoxy) is 1. The fraction of sp³-hybridized carbons (Fsp3) is 0.312. The summed E-state index contributed by atoms with van der Waals surface area (Å²) in [5.74, 6) is -0.652. The summed E-state index contributed by atoms with van der Waals surface area (Å²) in [6.07, 6.45) is 1.58. The monoisotopic (exact) mass is 412 g/mol. The van der Waals surface area contributed by atoms with Crippen molar-refractivity contribution >= 4 is 38.1 Å². The second-order valence-corrected chi connectivity index (χ2v) is 8.63. The van der Waals surface area contributed by atoms with Crippen LogP contribution >= 0.6 is 11.3 Å². The lowest BCUT2D eigenvalue weighted by molar-refractivity contribution is -0.110. The van der Waals surface area contributed by atoms with Crippen molar-refractivity contribution in [3.63, 3.8) is 0 Å². The molecule has 0 fully saturated rings. The predicted molar refractivity (Wildman–Crippen MR) is 102 cm³/mol. The van der Waals surface area contributed by atoms with E-state index in [0.29, 0.717) is 11.7 Å². The van der Waals surface area contributed by atoms with Crippen LogP contribution < -0.4 is 5.32 Å². The molecule has 0 aliphatic carbocycles. The molecule has 0 aliphatic heterocycles. The molecule has 0 aliphatic rings. The van der Waals surface area contributed by atoms with Crippen LogP contribution in [0.3, 0.4) is 0 Å². The predicted octanol–water partition coefficient (Wildman–Crippen LogP) is 0.909. The van der Waals surface area contributed by atoms with Crippen LogP contribution in [0.1, 0.15) is 10.4 Å². The molecule has 0 spiro atoms. The van der Waals surface area contributed by atoms with E-state index in [9.17, 15) is 13.2 Å². The molecule has 1 amide bonds. The fourth-order valence-electron chi connectivity index (χ4n) is 2.10. The number of hydrogen-bond donors (Lipinski definition) is 3. The summed E-state index contributed by atoms with van der Waals surface area (Å²) in [6.45, 7) is 0.0638. The van der Waals surface area contributed by atoms with Crippen LogP contribution in [0.5, 0.6) is 0 Å². The Morgan fingerprint density at radius 1 is 1.37 bits per heavy atom. The van der Waals surface area contributed by atoms with Gasteiger partial charge in [0.2, 0.25) is 10.0 Å². The van der Waals surface area contributed by atoms with Gasteiger partial charge >= 0.3 is 0 Å². The molecule has 11 heteroatoms. The van der Waals surface area contributed by atoms with Gasteiger partial charge in [-0.1, -0.05) is 23.5 Å². The van der Waals surface area contributed by atoms with Gasteiger partial charge in [0, 0.05) is 32.5 Å². The highest BCUT2D eigenvalue weighted by molar-refractivity contribution is 7.89. The Bertz CT molecular complexity index is 909. The molecule has 27 heavy (non-hydrogen) atoms. The minimum absolute atomic E-state index is 0.0135. The molecular weight excluding hydrogens is 392 g/mol. The maximum absolute atomic E-state index is 12.3. The lowest BCUT2D eigenvalue weighted by Crippen LogP contribution is -2.29. The Morgan fingerprint density at radius 3 is 2.63 bits per heavy atom. The van der Waals surface area contributed by atoms with Gasteiger partial charge in [-0.05, 0) is 12.1 Å². The Kier molecular flexibility index (Phi) is 7.16. The highest BCUT2D eigenvalue weighted by Crippen LogP contribution is 2.19. The SMILES string of the molecule is COCc1cnc(NC(=O)C(=N)c2ccc(S(=O)(=O)N(C)CCO)cc2)s1. The zero-order chi connectivity index (χ0) is 20.0. The van der Waals surface area contributed by atoms with Crippen LogP contribution in [0.2, 0.25) is 0 Å². The summed E-state index contributed by atoms with van der Waals surface area (Å²) < 4.78 is 30.6. The zero-order valence-electron chi connectivity index (χ0n) is 14.8.